The molecular formula is C22H28ClN3O3. The number of nitrogens with one attached hydrogen (secondary N) is 2. The summed E-state index contributed by atoms with van der Waals surface area (Å²) in [6.07, 6.45) is 2.37. The molecule has 0 bridgehead atoms. The highest BCUT2D eigenvalue weighted by Gasteiger charge is 2.70. The number of carbonyl (C=O) groups excluding carboxylic acids is 3. The number of likely N-dealkylation sites (tertiary alicyclic amines) is 1. The fourth-order valence-electron chi connectivity index (χ4n) is 5.34. The van der Waals surface area contributed by atoms with Crippen molar-refractivity contribution in [2.75, 3.05) is 11.9 Å². The molecule has 0 aromatic heterocycles. The van der Waals surface area contributed by atoms with Gasteiger partial charge in [-0.2, -0.15) is 0 Å². The van der Waals surface area contributed by atoms with Crippen molar-refractivity contribution in [3.63, 3.8) is 0 Å². The zero-order valence-corrected chi connectivity index (χ0v) is 18.1. The molecule has 7 heteroatoms. The van der Waals surface area contributed by atoms with E-state index >= 15 is 0 Å². The smallest absolute Gasteiger partial charge is 0.250 e. The molecule has 156 valence electrons. The number of rotatable bonds is 5. The Labute approximate surface area is 176 Å². The lowest BCUT2D eigenvalue weighted by atomic mass is 9.76. The van der Waals surface area contributed by atoms with Gasteiger partial charge in [-0.05, 0) is 43.4 Å². The van der Waals surface area contributed by atoms with Gasteiger partial charge in [-0.25, -0.2) is 0 Å². The summed E-state index contributed by atoms with van der Waals surface area (Å²) in [5.41, 5.74) is 0.987. The van der Waals surface area contributed by atoms with E-state index in [2.05, 4.69) is 24.5 Å². The van der Waals surface area contributed by atoms with Crippen molar-refractivity contribution in [2.45, 2.75) is 58.5 Å². The number of carbonyl (C=O) groups is 3. The van der Waals surface area contributed by atoms with E-state index in [0.717, 1.165) is 18.4 Å². The Morgan fingerprint density at radius 3 is 2.59 bits per heavy atom. The summed E-state index contributed by atoms with van der Waals surface area (Å²) < 4.78 is 0. The molecule has 3 heterocycles. The SMILES string of the molecule is CCCCN1C(=O)C2C(CC(C)C)NC3(C(=O)Nc4c(C)cc(Cl)cc43)C2C1=O. The summed E-state index contributed by atoms with van der Waals surface area (Å²) in [5.74, 6) is -1.61. The van der Waals surface area contributed by atoms with Crippen LogP contribution in [0.15, 0.2) is 12.1 Å². The zero-order valence-electron chi connectivity index (χ0n) is 17.3. The Morgan fingerprint density at radius 1 is 1.21 bits per heavy atom. The molecule has 1 aromatic rings. The van der Waals surface area contributed by atoms with Gasteiger partial charge in [0, 0.05) is 28.9 Å². The summed E-state index contributed by atoms with van der Waals surface area (Å²) in [5, 5.41) is 6.94. The van der Waals surface area contributed by atoms with E-state index < -0.39 is 17.4 Å². The number of imide groups is 1. The number of anilines is 1. The van der Waals surface area contributed by atoms with Gasteiger partial charge in [0.1, 0.15) is 5.54 Å². The first-order chi connectivity index (χ1) is 13.7. The average molecular weight is 418 g/mol. The maximum Gasteiger partial charge on any atom is 0.250 e. The molecule has 29 heavy (non-hydrogen) atoms. The van der Waals surface area contributed by atoms with Crippen LogP contribution in [0.4, 0.5) is 5.69 Å². The van der Waals surface area contributed by atoms with E-state index in [9.17, 15) is 14.4 Å². The second-order valence-corrected chi connectivity index (χ2v) is 9.41. The fraction of sp³-hybridized carbons (Fsp3) is 0.591. The summed E-state index contributed by atoms with van der Waals surface area (Å²) in [4.78, 5) is 41.5. The van der Waals surface area contributed by atoms with Crippen LogP contribution in [-0.2, 0) is 19.9 Å². The fourth-order valence-corrected chi connectivity index (χ4v) is 5.61. The Bertz CT molecular complexity index is 900. The minimum atomic E-state index is -1.25. The number of hydrogen-bond acceptors (Lipinski definition) is 4. The predicted molar refractivity (Wildman–Crippen MR) is 111 cm³/mol. The molecule has 0 radical (unpaired) electrons. The maximum atomic E-state index is 13.5. The molecule has 2 fully saturated rings. The number of unbranched alkanes of at least 4 members (excludes halogenated alkanes) is 1. The van der Waals surface area contributed by atoms with Crippen molar-refractivity contribution in [3.05, 3.63) is 28.3 Å². The number of nitrogens with zero attached hydrogens (tertiary/aromatic N) is 1. The lowest BCUT2D eigenvalue weighted by Crippen LogP contribution is -2.53. The Hall–Kier alpha value is -1.92. The van der Waals surface area contributed by atoms with Crippen molar-refractivity contribution in [3.8, 4) is 0 Å². The van der Waals surface area contributed by atoms with Crippen molar-refractivity contribution in [2.24, 2.45) is 17.8 Å². The summed E-state index contributed by atoms with van der Waals surface area (Å²) >= 11 is 6.33. The monoisotopic (exact) mass is 417 g/mol. The van der Waals surface area contributed by atoms with Crippen LogP contribution in [0.5, 0.6) is 0 Å². The van der Waals surface area contributed by atoms with Crippen molar-refractivity contribution < 1.29 is 14.4 Å². The molecule has 2 saturated heterocycles. The zero-order chi connectivity index (χ0) is 21.1. The molecule has 1 spiro atoms. The number of aryl methyl sites for hydroxylation is 1. The molecule has 2 N–H and O–H groups in total. The van der Waals surface area contributed by atoms with Crippen LogP contribution in [0.1, 0.15) is 51.2 Å². The number of hydrogen-bond donors (Lipinski definition) is 2. The number of fused-ring (bicyclic) bond motifs is 4. The molecule has 4 atom stereocenters. The molecule has 3 aliphatic heterocycles. The number of benzene rings is 1. The van der Waals surface area contributed by atoms with Crippen molar-refractivity contribution >= 4 is 35.0 Å². The lowest BCUT2D eigenvalue weighted by Gasteiger charge is -2.30. The van der Waals surface area contributed by atoms with E-state index in [0.29, 0.717) is 35.2 Å². The largest absolute Gasteiger partial charge is 0.324 e. The summed E-state index contributed by atoms with van der Waals surface area (Å²) in [6.45, 7) is 8.50. The van der Waals surface area contributed by atoms with E-state index in [-0.39, 0.29) is 23.8 Å². The van der Waals surface area contributed by atoms with Gasteiger partial charge < -0.3 is 5.32 Å². The van der Waals surface area contributed by atoms with E-state index in [1.807, 2.05) is 13.8 Å². The summed E-state index contributed by atoms with van der Waals surface area (Å²) in [7, 11) is 0. The van der Waals surface area contributed by atoms with Crippen molar-refractivity contribution in [1.29, 1.82) is 0 Å². The molecular weight excluding hydrogens is 390 g/mol. The molecule has 4 rings (SSSR count). The normalized spacial score (nSPS) is 30.5. The third-order valence-corrected chi connectivity index (χ3v) is 6.76. The quantitative estimate of drug-likeness (QED) is 0.721. The second-order valence-electron chi connectivity index (χ2n) is 8.97. The molecule has 3 amide bonds. The van der Waals surface area contributed by atoms with Gasteiger partial charge in [-0.1, -0.05) is 38.8 Å². The standard InChI is InChI=1S/C22H28ClN3O3/c1-5-6-7-26-19(27)16-15(8-11(2)3)25-22(17(16)20(26)28)14-10-13(23)9-12(4)18(14)24-21(22)29/h9-11,15-17,25H,5-8H2,1-4H3,(H,24,29). The van der Waals surface area contributed by atoms with E-state index in [1.165, 1.54) is 4.90 Å². The molecule has 3 aliphatic rings. The maximum absolute atomic E-state index is 13.5. The van der Waals surface area contributed by atoms with Crippen LogP contribution < -0.4 is 10.6 Å². The third kappa shape index (κ3) is 2.83. The molecule has 4 unspecified atom stereocenters. The first-order valence-corrected chi connectivity index (χ1v) is 10.8. The number of amides is 3. The topological polar surface area (TPSA) is 78.5 Å². The molecule has 6 nitrogen and oxygen atoms in total. The van der Waals surface area contributed by atoms with Gasteiger partial charge in [0.05, 0.1) is 11.8 Å². The van der Waals surface area contributed by atoms with Crippen LogP contribution in [0.25, 0.3) is 0 Å². The van der Waals surface area contributed by atoms with Gasteiger partial charge in [-0.3, -0.25) is 24.6 Å². The molecule has 0 saturated carbocycles. The minimum Gasteiger partial charge on any atom is -0.324 e. The second kappa shape index (κ2) is 7.10. The Kier molecular flexibility index (Phi) is 4.98. The van der Waals surface area contributed by atoms with E-state index in [1.54, 1.807) is 12.1 Å². The van der Waals surface area contributed by atoms with Gasteiger partial charge in [0.2, 0.25) is 17.7 Å². The van der Waals surface area contributed by atoms with Crippen LogP contribution >= 0.6 is 11.6 Å². The Morgan fingerprint density at radius 2 is 1.93 bits per heavy atom. The number of halogens is 1. The van der Waals surface area contributed by atoms with Crippen LogP contribution in [0.3, 0.4) is 0 Å². The highest BCUT2D eigenvalue weighted by Crippen LogP contribution is 2.54. The third-order valence-electron chi connectivity index (χ3n) is 6.54. The first kappa shape index (κ1) is 20.4. The Balaban J connectivity index is 1.86. The summed E-state index contributed by atoms with van der Waals surface area (Å²) in [6, 6.07) is 3.32. The highest BCUT2D eigenvalue weighted by atomic mass is 35.5. The minimum absolute atomic E-state index is 0.150. The van der Waals surface area contributed by atoms with Crippen LogP contribution in [0.2, 0.25) is 5.02 Å². The van der Waals surface area contributed by atoms with Gasteiger partial charge >= 0.3 is 0 Å². The van der Waals surface area contributed by atoms with Crippen molar-refractivity contribution in [1.82, 2.24) is 10.2 Å². The van der Waals surface area contributed by atoms with E-state index in [4.69, 9.17) is 11.6 Å². The lowest BCUT2D eigenvalue weighted by molar-refractivity contribution is -0.142. The van der Waals surface area contributed by atoms with Crippen LogP contribution in [-0.4, -0.2) is 35.2 Å². The van der Waals surface area contributed by atoms with Gasteiger partial charge in [-0.15, -0.1) is 0 Å². The highest BCUT2D eigenvalue weighted by molar-refractivity contribution is 6.31. The van der Waals surface area contributed by atoms with Gasteiger partial charge in [0.15, 0.2) is 0 Å². The van der Waals surface area contributed by atoms with Gasteiger partial charge in [0.25, 0.3) is 0 Å². The predicted octanol–water partition coefficient (Wildman–Crippen LogP) is 3.22. The first-order valence-electron chi connectivity index (χ1n) is 10.5. The van der Waals surface area contributed by atoms with Crippen LogP contribution in [0, 0.1) is 24.7 Å². The average Bonchev–Trinajstić information content (AvgIpc) is 3.20. The molecule has 0 aliphatic carbocycles. The molecule has 1 aromatic carbocycles.